The lowest BCUT2D eigenvalue weighted by Gasteiger charge is -2.33. The molecular formula is C16H20N6O2. The van der Waals surface area contributed by atoms with Gasteiger partial charge in [-0.25, -0.2) is 15.0 Å². The highest BCUT2D eigenvalue weighted by Crippen LogP contribution is 2.27. The molecule has 0 bridgehead atoms. The van der Waals surface area contributed by atoms with Gasteiger partial charge in [0.05, 0.1) is 13.2 Å². The van der Waals surface area contributed by atoms with E-state index in [2.05, 4.69) is 19.9 Å². The fourth-order valence-corrected chi connectivity index (χ4v) is 2.65. The normalized spacial score (nSPS) is 17.6. The van der Waals surface area contributed by atoms with Crippen molar-refractivity contribution in [1.29, 1.82) is 0 Å². The molecule has 1 saturated heterocycles. The number of nitrogens with zero attached hydrogens (tertiary/aromatic N) is 6. The Hall–Kier alpha value is -2.61. The van der Waals surface area contributed by atoms with Crippen LogP contribution in [-0.2, 0) is 4.74 Å². The summed E-state index contributed by atoms with van der Waals surface area (Å²) in [5.74, 6) is 1.20. The summed E-state index contributed by atoms with van der Waals surface area (Å²) in [7, 11) is 3.81. The Morgan fingerprint density at radius 3 is 2.79 bits per heavy atom. The molecule has 1 atom stereocenters. The average Bonchev–Trinajstić information content (AvgIpc) is 2.61. The highest BCUT2D eigenvalue weighted by atomic mass is 16.5. The number of carbonyl (C=O) groups excluding carboxylic acids is 1. The van der Waals surface area contributed by atoms with E-state index in [0.717, 1.165) is 11.5 Å². The van der Waals surface area contributed by atoms with E-state index < -0.39 is 0 Å². The fraction of sp³-hybridized carbons (Fsp3) is 0.438. The van der Waals surface area contributed by atoms with Gasteiger partial charge in [0.25, 0.3) is 5.91 Å². The molecule has 0 unspecified atom stereocenters. The molecule has 1 aliphatic heterocycles. The van der Waals surface area contributed by atoms with Crippen LogP contribution in [0.3, 0.4) is 0 Å². The number of morpholine rings is 1. The summed E-state index contributed by atoms with van der Waals surface area (Å²) in [5.41, 5.74) is 1.13. The standard InChI is InChI=1S/C16H20N6O2/c1-11-17-5-4-12(20-11)16(23)22-8-9-24-13(10-22)14-15(21(2)3)19-7-6-18-14/h4-7,13H,8-10H2,1-3H3/t13-/m1/s1. The van der Waals surface area contributed by atoms with Crippen molar-refractivity contribution in [2.75, 3.05) is 38.7 Å². The van der Waals surface area contributed by atoms with Crippen LogP contribution < -0.4 is 4.90 Å². The zero-order chi connectivity index (χ0) is 17.1. The van der Waals surface area contributed by atoms with Crippen molar-refractivity contribution in [3.8, 4) is 0 Å². The number of anilines is 1. The SMILES string of the molecule is Cc1nccc(C(=O)N2CCO[C@@H](c3nccnc3N(C)C)C2)n1. The molecule has 0 aliphatic carbocycles. The number of hydrogen-bond acceptors (Lipinski definition) is 7. The molecule has 0 spiro atoms. The zero-order valence-electron chi connectivity index (χ0n) is 14.0. The van der Waals surface area contributed by atoms with Crippen LogP contribution in [0.1, 0.15) is 28.1 Å². The van der Waals surface area contributed by atoms with Gasteiger partial charge in [0.1, 0.15) is 23.3 Å². The van der Waals surface area contributed by atoms with E-state index >= 15 is 0 Å². The van der Waals surface area contributed by atoms with Crippen LogP contribution in [-0.4, -0.2) is 64.5 Å². The van der Waals surface area contributed by atoms with E-state index in [1.54, 1.807) is 36.5 Å². The maximum Gasteiger partial charge on any atom is 0.272 e. The van der Waals surface area contributed by atoms with Crippen molar-refractivity contribution < 1.29 is 9.53 Å². The number of rotatable bonds is 3. The first kappa shape index (κ1) is 16.3. The molecule has 24 heavy (non-hydrogen) atoms. The lowest BCUT2D eigenvalue weighted by molar-refractivity contribution is -0.0248. The van der Waals surface area contributed by atoms with Gasteiger partial charge in [0.2, 0.25) is 0 Å². The minimum Gasteiger partial charge on any atom is -0.368 e. The first-order chi connectivity index (χ1) is 11.6. The Kier molecular flexibility index (Phi) is 4.66. The lowest BCUT2D eigenvalue weighted by Crippen LogP contribution is -2.43. The second kappa shape index (κ2) is 6.88. The Balaban J connectivity index is 1.81. The quantitative estimate of drug-likeness (QED) is 0.826. The minimum absolute atomic E-state index is 0.121. The number of hydrogen-bond donors (Lipinski definition) is 0. The van der Waals surface area contributed by atoms with E-state index in [9.17, 15) is 4.79 Å². The van der Waals surface area contributed by atoms with Crippen molar-refractivity contribution >= 4 is 11.7 Å². The molecule has 0 aromatic carbocycles. The van der Waals surface area contributed by atoms with Crippen LogP contribution in [0.5, 0.6) is 0 Å². The number of carbonyl (C=O) groups is 1. The number of aryl methyl sites for hydroxylation is 1. The van der Waals surface area contributed by atoms with Crippen molar-refractivity contribution in [2.24, 2.45) is 0 Å². The van der Waals surface area contributed by atoms with Crippen molar-refractivity contribution in [3.05, 3.63) is 41.9 Å². The second-order valence-corrected chi connectivity index (χ2v) is 5.76. The topological polar surface area (TPSA) is 84.3 Å². The van der Waals surface area contributed by atoms with Gasteiger partial charge < -0.3 is 14.5 Å². The van der Waals surface area contributed by atoms with Gasteiger partial charge in [-0.1, -0.05) is 0 Å². The van der Waals surface area contributed by atoms with Gasteiger partial charge >= 0.3 is 0 Å². The van der Waals surface area contributed by atoms with E-state index in [1.165, 1.54) is 0 Å². The molecule has 1 aliphatic rings. The molecule has 3 heterocycles. The van der Waals surface area contributed by atoms with E-state index in [-0.39, 0.29) is 12.0 Å². The van der Waals surface area contributed by atoms with Gasteiger partial charge in [-0.2, -0.15) is 0 Å². The third-order valence-corrected chi connectivity index (χ3v) is 3.78. The molecule has 1 amide bonds. The first-order valence-corrected chi connectivity index (χ1v) is 7.75. The van der Waals surface area contributed by atoms with Crippen LogP contribution in [0.25, 0.3) is 0 Å². The zero-order valence-corrected chi connectivity index (χ0v) is 14.0. The maximum absolute atomic E-state index is 12.7. The molecule has 0 saturated carbocycles. The second-order valence-electron chi connectivity index (χ2n) is 5.76. The Labute approximate surface area is 140 Å². The number of ether oxygens (including phenoxy) is 1. The molecular weight excluding hydrogens is 308 g/mol. The van der Waals surface area contributed by atoms with Crippen molar-refractivity contribution in [1.82, 2.24) is 24.8 Å². The highest BCUT2D eigenvalue weighted by molar-refractivity contribution is 5.92. The Bertz CT molecular complexity index is 736. The predicted octanol–water partition coefficient (Wildman–Crippen LogP) is 0.855. The molecule has 0 radical (unpaired) electrons. The summed E-state index contributed by atoms with van der Waals surface area (Å²) >= 11 is 0. The molecule has 126 valence electrons. The largest absolute Gasteiger partial charge is 0.368 e. The maximum atomic E-state index is 12.7. The Morgan fingerprint density at radius 2 is 2.04 bits per heavy atom. The summed E-state index contributed by atoms with van der Waals surface area (Å²) in [6.45, 7) is 3.16. The number of aromatic nitrogens is 4. The van der Waals surface area contributed by atoms with E-state index in [1.807, 2.05) is 19.0 Å². The lowest BCUT2D eigenvalue weighted by atomic mass is 10.1. The molecule has 8 nitrogen and oxygen atoms in total. The summed E-state index contributed by atoms with van der Waals surface area (Å²) in [6.07, 6.45) is 4.58. The molecule has 8 heteroatoms. The molecule has 0 N–H and O–H groups in total. The monoisotopic (exact) mass is 328 g/mol. The molecule has 3 rings (SSSR count). The first-order valence-electron chi connectivity index (χ1n) is 7.75. The summed E-state index contributed by atoms with van der Waals surface area (Å²) < 4.78 is 5.84. The smallest absolute Gasteiger partial charge is 0.272 e. The Morgan fingerprint density at radius 1 is 1.25 bits per heavy atom. The van der Waals surface area contributed by atoms with Crippen LogP contribution >= 0.6 is 0 Å². The molecule has 2 aromatic heterocycles. The number of amides is 1. The predicted molar refractivity (Wildman–Crippen MR) is 87.7 cm³/mol. The van der Waals surface area contributed by atoms with Gasteiger partial charge in [0, 0.05) is 39.2 Å². The van der Waals surface area contributed by atoms with Crippen LogP contribution in [0.15, 0.2) is 24.7 Å². The summed E-state index contributed by atoms with van der Waals surface area (Å²) in [4.78, 5) is 33.3. The average molecular weight is 328 g/mol. The van der Waals surface area contributed by atoms with E-state index in [4.69, 9.17) is 4.74 Å². The van der Waals surface area contributed by atoms with Crippen molar-refractivity contribution in [3.63, 3.8) is 0 Å². The third kappa shape index (κ3) is 3.33. The van der Waals surface area contributed by atoms with Crippen molar-refractivity contribution in [2.45, 2.75) is 13.0 Å². The van der Waals surface area contributed by atoms with Crippen LogP contribution in [0, 0.1) is 6.92 Å². The van der Waals surface area contributed by atoms with Crippen LogP contribution in [0.2, 0.25) is 0 Å². The van der Waals surface area contributed by atoms with Gasteiger partial charge in [-0.05, 0) is 13.0 Å². The van der Waals surface area contributed by atoms with Gasteiger partial charge in [0.15, 0.2) is 5.82 Å². The summed E-state index contributed by atoms with van der Waals surface area (Å²) in [6, 6.07) is 1.63. The minimum atomic E-state index is -0.309. The molecule has 1 fully saturated rings. The van der Waals surface area contributed by atoms with Crippen LogP contribution in [0.4, 0.5) is 5.82 Å². The fourth-order valence-electron chi connectivity index (χ4n) is 2.65. The molecule has 2 aromatic rings. The third-order valence-electron chi connectivity index (χ3n) is 3.78. The van der Waals surface area contributed by atoms with Gasteiger partial charge in [-0.15, -0.1) is 0 Å². The van der Waals surface area contributed by atoms with Gasteiger partial charge in [-0.3, -0.25) is 9.78 Å². The highest BCUT2D eigenvalue weighted by Gasteiger charge is 2.29. The van der Waals surface area contributed by atoms with E-state index in [0.29, 0.717) is 31.2 Å². The summed E-state index contributed by atoms with van der Waals surface area (Å²) in [5, 5.41) is 0.